The van der Waals surface area contributed by atoms with E-state index < -0.39 is 10.0 Å². The van der Waals surface area contributed by atoms with Gasteiger partial charge in [-0.15, -0.1) is 6.58 Å². The summed E-state index contributed by atoms with van der Waals surface area (Å²) in [6.07, 6.45) is 2.07. The minimum Gasteiger partial charge on any atom is -0.313 e. The zero-order valence-corrected chi connectivity index (χ0v) is 14.7. The number of hydrogen-bond acceptors (Lipinski definition) is 4. The molecule has 0 atom stereocenters. The molecule has 23 heavy (non-hydrogen) atoms. The normalized spacial score (nSPS) is 13.0. The first kappa shape index (κ1) is 17.6. The first-order valence-electron chi connectivity index (χ1n) is 7.07. The molecule has 1 heterocycles. The Labute approximate surface area is 139 Å². The van der Waals surface area contributed by atoms with E-state index in [9.17, 15) is 13.2 Å². The van der Waals surface area contributed by atoms with E-state index in [2.05, 4.69) is 11.6 Å². The van der Waals surface area contributed by atoms with Crippen LogP contribution in [-0.2, 0) is 21.4 Å². The maximum atomic E-state index is 12.0. The predicted molar refractivity (Wildman–Crippen MR) is 91.4 cm³/mol. The van der Waals surface area contributed by atoms with Gasteiger partial charge in [-0.25, -0.2) is 13.6 Å². The number of carbonyl (C=O) groups excluding carboxylic acids is 1. The summed E-state index contributed by atoms with van der Waals surface area (Å²) in [6, 6.07) is 4.62. The Bertz CT molecular complexity index is 921. The SMILES string of the molecule is C=CCn1c(=NC(=O)CC(C)C)sc2cc(S(N)(=O)=O)ccc21. The average Bonchev–Trinajstić information content (AvgIpc) is 2.74. The monoisotopic (exact) mass is 353 g/mol. The Morgan fingerprint density at radius 2 is 2.17 bits per heavy atom. The Morgan fingerprint density at radius 3 is 2.74 bits per heavy atom. The van der Waals surface area contributed by atoms with Gasteiger partial charge in [-0.1, -0.05) is 31.3 Å². The molecule has 0 saturated carbocycles. The van der Waals surface area contributed by atoms with E-state index in [1.54, 1.807) is 12.1 Å². The number of allylic oxidation sites excluding steroid dienone is 1. The van der Waals surface area contributed by atoms with Gasteiger partial charge in [-0.3, -0.25) is 4.79 Å². The quantitative estimate of drug-likeness (QED) is 0.833. The maximum absolute atomic E-state index is 12.0. The molecule has 2 rings (SSSR count). The second-order valence-corrected chi connectivity index (χ2v) is 8.13. The molecule has 0 saturated heterocycles. The third kappa shape index (κ3) is 4.15. The molecule has 0 bridgehead atoms. The lowest BCUT2D eigenvalue weighted by molar-refractivity contribution is -0.118. The lowest BCUT2D eigenvalue weighted by atomic mass is 10.1. The van der Waals surface area contributed by atoms with Crippen LogP contribution < -0.4 is 9.94 Å². The minimum atomic E-state index is -3.77. The number of aromatic nitrogens is 1. The van der Waals surface area contributed by atoms with Crippen LogP contribution in [0.3, 0.4) is 0 Å². The Balaban J connectivity index is 2.64. The third-order valence-electron chi connectivity index (χ3n) is 3.10. The van der Waals surface area contributed by atoms with E-state index in [4.69, 9.17) is 5.14 Å². The molecule has 1 amide bonds. The first-order valence-corrected chi connectivity index (χ1v) is 9.43. The lowest BCUT2D eigenvalue weighted by Crippen LogP contribution is -2.16. The van der Waals surface area contributed by atoms with Crippen molar-refractivity contribution in [3.63, 3.8) is 0 Å². The number of nitrogens with two attached hydrogens (primary N) is 1. The van der Waals surface area contributed by atoms with Crippen molar-refractivity contribution in [1.29, 1.82) is 0 Å². The van der Waals surface area contributed by atoms with Crippen LogP contribution in [0.25, 0.3) is 10.2 Å². The summed E-state index contributed by atoms with van der Waals surface area (Å²) in [6.45, 7) is 8.09. The predicted octanol–water partition coefficient (Wildman–Crippen LogP) is 2.01. The number of rotatable bonds is 5. The van der Waals surface area contributed by atoms with Gasteiger partial charge in [-0.05, 0) is 24.1 Å². The molecule has 0 spiro atoms. The van der Waals surface area contributed by atoms with E-state index in [1.807, 2.05) is 18.4 Å². The van der Waals surface area contributed by atoms with Gasteiger partial charge in [-0.2, -0.15) is 4.99 Å². The molecule has 0 fully saturated rings. The summed E-state index contributed by atoms with van der Waals surface area (Å²) in [5, 5.41) is 5.16. The number of hydrogen-bond donors (Lipinski definition) is 1. The van der Waals surface area contributed by atoms with Crippen molar-refractivity contribution in [3.8, 4) is 0 Å². The molecule has 1 aromatic heterocycles. The van der Waals surface area contributed by atoms with Crippen LogP contribution in [-0.4, -0.2) is 18.9 Å². The van der Waals surface area contributed by atoms with Gasteiger partial charge in [0.2, 0.25) is 15.9 Å². The number of nitrogens with zero attached hydrogens (tertiary/aromatic N) is 2. The van der Waals surface area contributed by atoms with Crippen molar-refractivity contribution in [2.75, 3.05) is 0 Å². The molecule has 2 aromatic rings. The molecule has 0 radical (unpaired) electrons. The van der Waals surface area contributed by atoms with Crippen molar-refractivity contribution in [2.45, 2.75) is 31.7 Å². The van der Waals surface area contributed by atoms with Crippen LogP contribution in [0.1, 0.15) is 20.3 Å². The number of thiazole rings is 1. The van der Waals surface area contributed by atoms with Crippen molar-refractivity contribution in [2.24, 2.45) is 16.0 Å². The Kier molecular flexibility index (Phi) is 5.18. The molecule has 0 aliphatic heterocycles. The molecule has 0 aliphatic rings. The smallest absolute Gasteiger partial charge is 0.248 e. The van der Waals surface area contributed by atoms with Gasteiger partial charge >= 0.3 is 0 Å². The third-order valence-corrected chi connectivity index (χ3v) is 5.05. The summed E-state index contributed by atoms with van der Waals surface area (Å²) in [4.78, 5) is 16.7. The van der Waals surface area contributed by atoms with Gasteiger partial charge in [0.25, 0.3) is 0 Å². The summed E-state index contributed by atoms with van der Waals surface area (Å²) in [5.74, 6) is 0.0264. The van der Waals surface area contributed by atoms with Crippen LogP contribution in [0.4, 0.5) is 0 Å². The van der Waals surface area contributed by atoms with Crippen LogP contribution in [0, 0.1) is 5.92 Å². The molecule has 124 valence electrons. The average molecular weight is 353 g/mol. The second-order valence-electron chi connectivity index (χ2n) is 5.56. The minimum absolute atomic E-state index is 0.0389. The second kappa shape index (κ2) is 6.77. The highest BCUT2D eigenvalue weighted by Gasteiger charge is 2.13. The fourth-order valence-electron chi connectivity index (χ4n) is 2.12. The van der Waals surface area contributed by atoms with Crippen LogP contribution >= 0.6 is 11.3 Å². The molecule has 2 N–H and O–H groups in total. The first-order chi connectivity index (χ1) is 10.7. The highest BCUT2D eigenvalue weighted by molar-refractivity contribution is 7.89. The number of carbonyl (C=O) groups is 1. The van der Waals surface area contributed by atoms with E-state index in [0.717, 1.165) is 5.52 Å². The molecule has 8 heteroatoms. The van der Waals surface area contributed by atoms with E-state index in [-0.39, 0.29) is 16.7 Å². The van der Waals surface area contributed by atoms with Gasteiger partial charge in [0.05, 0.1) is 15.1 Å². The largest absolute Gasteiger partial charge is 0.313 e. The van der Waals surface area contributed by atoms with Crippen molar-refractivity contribution < 1.29 is 13.2 Å². The number of primary sulfonamides is 1. The molecule has 0 unspecified atom stereocenters. The number of sulfonamides is 1. The molecular weight excluding hydrogens is 334 g/mol. The van der Waals surface area contributed by atoms with Crippen LogP contribution in [0.5, 0.6) is 0 Å². The Hall–Kier alpha value is -1.77. The van der Waals surface area contributed by atoms with Crippen LogP contribution in [0.2, 0.25) is 0 Å². The standard InChI is InChI=1S/C15H19N3O3S2/c1-4-7-18-12-6-5-11(23(16,20)21)9-13(12)22-15(18)17-14(19)8-10(2)3/h4-6,9-10H,1,7-8H2,2-3H3,(H2,16,20,21). The molecule has 1 aromatic carbocycles. The summed E-state index contributed by atoms with van der Waals surface area (Å²) >= 11 is 1.26. The van der Waals surface area contributed by atoms with E-state index >= 15 is 0 Å². The number of fused-ring (bicyclic) bond motifs is 1. The molecular formula is C15H19N3O3S2. The van der Waals surface area contributed by atoms with Gasteiger partial charge < -0.3 is 4.57 Å². The number of amides is 1. The fourth-order valence-corrected chi connectivity index (χ4v) is 3.83. The van der Waals surface area contributed by atoms with Gasteiger partial charge in [0, 0.05) is 13.0 Å². The van der Waals surface area contributed by atoms with Gasteiger partial charge in [0.1, 0.15) is 0 Å². The fraction of sp³-hybridized carbons (Fsp3) is 0.333. The highest BCUT2D eigenvalue weighted by Crippen LogP contribution is 2.21. The molecule has 0 aliphatic carbocycles. The van der Waals surface area contributed by atoms with E-state index in [1.165, 1.54) is 23.5 Å². The van der Waals surface area contributed by atoms with Gasteiger partial charge in [0.15, 0.2) is 4.80 Å². The zero-order chi connectivity index (χ0) is 17.2. The summed E-state index contributed by atoms with van der Waals surface area (Å²) in [7, 11) is -3.77. The van der Waals surface area contributed by atoms with Crippen molar-refractivity contribution in [1.82, 2.24) is 4.57 Å². The summed E-state index contributed by atoms with van der Waals surface area (Å²) in [5.41, 5.74) is 0.790. The lowest BCUT2D eigenvalue weighted by Gasteiger charge is -2.02. The maximum Gasteiger partial charge on any atom is 0.248 e. The van der Waals surface area contributed by atoms with Crippen LogP contribution in [0.15, 0.2) is 40.7 Å². The topological polar surface area (TPSA) is 94.5 Å². The highest BCUT2D eigenvalue weighted by atomic mass is 32.2. The number of benzene rings is 1. The Morgan fingerprint density at radius 1 is 1.48 bits per heavy atom. The summed E-state index contributed by atoms with van der Waals surface area (Å²) < 4.78 is 25.5. The van der Waals surface area contributed by atoms with Crippen molar-refractivity contribution in [3.05, 3.63) is 35.7 Å². The van der Waals surface area contributed by atoms with Crippen molar-refractivity contribution >= 4 is 37.5 Å². The zero-order valence-electron chi connectivity index (χ0n) is 13.0. The van der Waals surface area contributed by atoms with E-state index in [0.29, 0.717) is 22.5 Å². The molecule has 6 nitrogen and oxygen atoms in total.